The number of primary amides is 1. The number of urea groups is 1. The van der Waals surface area contributed by atoms with Crippen LogP contribution in [0, 0.1) is 5.82 Å². The Morgan fingerprint density at radius 1 is 1.30 bits per heavy atom. The number of nitrogens with two attached hydrogens (primary N) is 1. The van der Waals surface area contributed by atoms with E-state index in [1.54, 1.807) is 18.2 Å². The molecule has 4 N–H and O–H groups in total. The Morgan fingerprint density at radius 2 is 2.07 bits per heavy atom. The van der Waals surface area contributed by atoms with Crippen molar-refractivity contribution in [2.75, 3.05) is 18.4 Å². The van der Waals surface area contributed by atoms with Crippen molar-refractivity contribution in [2.24, 2.45) is 5.73 Å². The zero-order valence-corrected chi connectivity index (χ0v) is 16.4. The minimum atomic E-state index is -1.01. The van der Waals surface area contributed by atoms with Crippen molar-refractivity contribution in [1.82, 2.24) is 14.9 Å². The number of aromatic nitrogens is 2. The summed E-state index contributed by atoms with van der Waals surface area (Å²) in [6, 6.07) is 6.79. The number of halogens is 1. The summed E-state index contributed by atoms with van der Waals surface area (Å²) in [5.74, 6) is -0.475. The molecule has 0 radical (unpaired) electrons. The second-order valence-electron chi connectivity index (χ2n) is 6.77. The Kier molecular flexibility index (Phi) is 5.46. The lowest BCUT2D eigenvalue weighted by Crippen LogP contribution is -2.51. The number of aliphatic hydroxyl groups excluding tert-OH is 1. The van der Waals surface area contributed by atoms with E-state index in [4.69, 9.17) is 10.5 Å². The summed E-state index contributed by atoms with van der Waals surface area (Å²) in [6.07, 6.45) is -0.0950. The van der Waals surface area contributed by atoms with Crippen LogP contribution in [0.5, 0.6) is 0 Å². The van der Waals surface area contributed by atoms with Gasteiger partial charge in [-0.25, -0.2) is 23.9 Å². The van der Waals surface area contributed by atoms with Gasteiger partial charge in [0.2, 0.25) is 0 Å². The number of fused-ring (bicyclic) bond motifs is 1. The number of piperidine rings is 1. The maximum atomic E-state index is 13.1. The largest absolute Gasteiger partial charge is 0.455 e. The second-order valence-corrected chi connectivity index (χ2v) is 7.80. The molecule has 30 heavy (non-hydrogen) atoms. The van der Waals surface area contributed by atoms with Crippen LogP contribution >= 0.6 is 11.3 Å². The number of β-amino-alcohol motifs (C(OH)–C–C–N with tert-alkyl or cyclic N) is 1. The number of amides is 2. The minimum absolute atomic E-state index is 0.0108. The van der Waals surface area contributed by atoms with E-state index in [0.717, 1.165) is 11.3 Å². The zero-order chi connectivity index (χ0) is 21.3. The third-order valence-electron chi connectivity index (χ3n) is 4.73. The van der Waals surface area contributed by atoms with Gasteiger partial charge in [-0.2, -0.15) is 0 Å². The van der Waals surface area contributed by atoms with E-state index in [1.807, 2.05) is 0 Å². The molecule has 3 heterocycles. The van der Waals surface area contributed by atoms with Crippen molar-refractivity contribution in [3.8, 4) is 0 Å². The number of thiophene rings is 1. The lowest BCUT2D eigenvalue weighted by atomic mass is 10.1. The predicted octanol–water partition coefficient (Wildman–Crippen LogP) is 2.24. The highest BCUT2D eigenvalue weighted by atomic mass is 32.1. The number of nitrogens with one attached hydrogen (secondary N) is 1. The Balaban J connectivity index is 1.50. The topological polar surface area (TPSA) is 131 Å². The van der Waals surface area contributed by atoms with Crippen LogP contribution in [0.2, 0.25) is 0 Å². The van der Waals surface area contributed by atoms with E-state index in [-0.39, 0.29) is 18.8 Å². The van der Waals surface area contributed by atoms with Gasteiger partial charge in [0.05, 0.1) is 11.9 Å². The van der Waals surface area contributed by atoms with Crippen molar-refractivity contribution in [2.45, 2.75) is 18.6 Å². The zero-order valence-electron chi connectivity index (χ0n) is 15.6. The molecule has 2 unspecified atom stereocenters. The van der Waals surface area contributed by atoms with Gasteiger partial charge < -0.3 is 25.8 Å². The maximum absolute atomic E-state index is 13.1. The van der Waals surface area contributed by atoms with E-state index in [1.165, 1.54) is 23.4 Å². The number of anilines is 2. The lowest BCUT2D eigenvalue weighted by Gasteiger charge is -2.34. The number of esters is 1. The molecular weight excluding hydrogens is 413 g/mol. The second kappa shape index (κ2) is 8.20. The van der Waals surface area contributed by atoms with Gasteiger partial charge in [0.25, 0.3) is 0 Å². The summed E-state index contributed by atoms with van der Waals surface area (Å²) >= 11 is 1.14. The van der Waals surface area contributed by atoms with Crippen LogP contribution in [0.4, 0.5) is 20.7 Å². The number of likely N-dealkylation sites (tertiary alicyclic amines) is 1. The molecule has 3 aromatic rings. The predicted molar refractivity (Wildman–Crippen MR) is 108 cm³/mol. The van der Waals surface area contributed by atoms with E-state index in [0.29, 0.717) is 33.1 Å². The minimum Gasteiger partial charge on any atom is -0.455 e. The fourth-order valence-corrected chi connectivity index (χ4v) is 4.05. The maximum Gasteiger partial charge on any atom is 0.348 e. The van der Waals surface area contributed by atoms with Crippen molar-refractivity contribution < 1.29 is 23.8 Å². The number of ether oxygens (including phenoxy) is 1. The first kappa shape index (κ1) is 20.0. The van der Waals surface area contributed by atoms with Gasteiger partial charge in [-0.3, -0.25) is 0 Å². The lowest BCUT2D eigenvalue weighted by molar-refractivity contribution is -0.0472. The quantitative estimate of drug-likeness (QED) is 0.540. The Bertz CT molecular complexity index is 1090. The fourth-order valence-electron chi connectivity index (χ4n) is 3.17. The average molecular weight is 431 g/mol. The van der Waals surface area contributed by atoms with Crippen molar-refractivity contribution >= 4 is 45.1 Å². The molecule has 0 bridgehead atoms. The third-order valence-corrected chi connectivity index (χ3v) is 5.75. The molecule has 2 amide bonds. The molecule has 0 spiro atoms. The molecule has 4 rings (SSSR count). The third kappa shape index (κ3) is 4.16. The highest BCUT2D eigenvalue weighted by Crippen LogP contribution is 2.31. The van der Waals surface area contributed by atoms with E-state index >= 15 is 0 Å². The molecule has 2 aromatic heterocycles. The Labute approximate surface area is 174 Å². The summed E-state index contributed by atoms with van der Waals surface area (Å²) in [4.78, 5) is 34.4. The number of hydrogen-bond donors (Lipinski definition) is 3. The first-order valence-corrected chi connectivity index (χ1v) is 9.93. The van der Waals surface area contributed by atoms with Crippen LogP contribution in [-0.4, -0.2) is 57.3 Å². The van der Waals surface area contributed by atoms with Gasteiger partial charge in [0.15, 0.2) is 0 Å². The highest BCUT2D eigenvalue weighted by Gasteiger charge is 2.32. The smallest absolute Gasteiger partial charge is 0.348 e. The summed E-state index contributed by atoms with van der Waals surface area (Å²) in [5.41, 5.74) is 5.85. The fraction of sp³-hybridized carbons (Fsp3) is 0.263. The van der Waals surface area contributed by atoms with Crippen LogP contribution in [0.25, 0.3) is 10.2 Å². The molecule has 11 heteroatoms. The first-order chi connectivity index (χ1) is 14.4. The molecule has 156 valence electrons. The van der Waals surface area contributed by atoms with Gasteiger partial charge in [-0.15, -0.1) is 11.3 Å². The molecule has 1 aliphatic heterocycles. The van der Waals surface area contributed by atoms with Gasteiger partial charge in [0.1, 0.15) is 39.9 Å². The van der Waals surface area contributed by atoms with Crippen LogP contribution < -0.4 is 11.1 Å². The van der Waals surface area contributed by atoms with Crippen LogP contribution in [0.1, 0.15) is 16.1 Å². The molecule has 1 fully saturated rings. The molecular formula is C19H18FN5O4S. The van der Waals surface area contributed by atoms with Gasteiger partial charge in [0, 0.05) is 18.7 Å². The summed E-state index contributed by atoms with van der Waals surface area (Å²) in [6.45, 7) is 0.310. The van der Waals surface area contributed by atoms with Crippen LogP contribution in [0.3, 0.4) is 0 Å². The van der Waals surface area contributed by atoms with Crippen molar-refractivity contribution in [3.05, 3.63) is 47.4 Å². The molecule has 0 aliphatic carbocycles. The number of nitrogens with zero attached hydrogens (tertiary/aromatic N) is 3. The molecule has 2 atom stereocenters. The van der Waals surface area contributed by atoms with Gasteiger partial charge >= 0.3 is 12.0 Å². The monoisotopic (exact) mass is 431 g/mol. The molecule has 1 aliphatic rings. The summed E-state index contributed by atoms with van der Waals surface area (Å²) in [7, 11) is 0. The number of benzene rings is 1. The molecule has 0 saturated carbocycles. The molecule has 9 nitrogen and oxygen atoms in total. The highest BCUT2D eigenvalue weighted by molar-refractivity contribution is 7.20. The van der Waals surface area contributed by atoms with E-state index < -0.39 is 24.2 Å². The summed E-state index contributed by atoms with van der Waals surface area (Å²) in [5, 5.41) is 13.9. The first-order valence-electron chi connectivity index (χ1n) is 9.11. The Hall–Kier alpha value is -3.31. The number of carbonyl (C=O) groups excluding carboxylic acids is 2. The number of rotatable bonds is 4. The number of hydrogen-bond acceptors (Lipinski definition) is 8. The van der Waals surface area contributed by atoms with Crippen LogP contribution in [0.15, 0.2) is 36.7 Å². The SMILES string of the molecule is NC(=O)N1CCC(OC(=O)c2cc3c(Nc4ccc(F)cc4)ncnc3s2)C(O)C1. The van der Waals surface area contributed by atoms with E-state index in [9.17, 15) is 19.1 Å². The van der Waals surface area contributed by atoms with Crippen LogP contribution in [-0.2, 0) is 4.74 Å². The number of aliphatic hydroxyl groups is 1. The van der Waals surface area contributed by atoms with Gasteiger partial charge in [-0.05, 0) is 30.3 Å². The average Bonchev–Trinajstić information content (AvgIpc) is 3.16. The normalized spacial score (nSPS) is 18.9. The number of carbonyl (C=O) groups is 2. The molecule has 1 aromatic carbocycles. The van der Waals surface area contributed by atoms with Gasteiger partial charge in [-0.1, -0.05) is 0 Å². The van der Waals surface area contributed by atoms with Crippen molar-refractivity contribution in [3.63, 3.8) is 0 Å². The summed E-state index contributed by atoms with van der Waals surface area (Å²) < 4.78 is 18.6. The molecule has 1 saturated heterocycles. The van der Waals surface area contributed by atoms with E-state index in [2.05, 4.69) is 15.3 Å². The standard InChI is InChI=1S/C19H18FN5O4S/c20-10-1-3-11(4-2-10)24-16-12-7-15(30-17(12)23-9-22-16)18(27)29-14-5-6-25(19(21)28)8-13(14)26/h1-4,7,9,13-14,26H,5-6,8H2,(H2,21,28)(H,22,23,24). The Morgan fingerprint density at radius 3 is 2.77 bits per heavy atom. The van der Waals surface area contributed by atoms with Crippen molar-refractivity contribution in [1.29, 1.82) is 0 Å².